The fraction of sp³-hybridized carbons (Fsp3) is 0.615. The zero-order valence-electron chi connectivity index (χ0n) is 30.4. The van der Waals surface area contributed by atoms with Crippen molar-refractivity contribution in [1.82, 2.24) is 9.71 Å². The topological polar surface area (TPSA) is 129 Å². The van der Waals surface area contributed by atoms with E-state index in [1.54, 1.807) is 26.2 Å². The molecule has 1 saturated heterocycles. The Labute approximate surface area is 312 Å². The van der Waals surface area contributed by atoms with Crippen LogP contribution in [0.3, 0.4) is 0 Å². The number of halogens is 1. The van der Waals surface area contributed by atoms with E-state index in [1.165, 1.54) is 11.1 Å². The molecule has 282 valence electrons. The number of fused-ring (bicyclic) bond motifs is 4. The molecule has 2 amide bonds. The molecule has 4 heterocycles. The van der Waals surface area contributed by atoms with Gasteiger partial charge in [-0.1, -0.05) is 36.7 Å². The number of nitrogens with one attached hydrogen (secondary N) is 1. The summed E-state index contributed by atoms with van der Waals surface area (Å²) in [5.74, 6) is 0.297. The third-order valence-corrected chi connectivity index (χ3v) is 14.6. The van der Waals surface area contributed by atoms with Crippen LogP contribution in [0, 0.1) is 17.8 Å². The normalized spacial score (nSPS) is 33.0. The lowest BCUT2D eigenvalue weighted by molar-refractivity contribution is -0.128. The molecule has 2 aromatic rings. The molecule has 2 aliphatic carbocycles. The molecular weight excluding hydrogens is 704 g/mol. The fourth-order valence-corrected chi connectivity index (χ4v) is 10.6. The Balaban J connectivity index is 1.26. The van der Waals surface area contributed by atoms with Gasteiger partial charge in [0, 0.05) is 43.9 Å². The van der Waals surface area contributed by atoms with Gasteiger partial charge in [0.2, 0.25) is 0 Å². The minimum atomic E-state index is -3.61. The highest BCUT2D eigenvalue weighted by Crippen LogP contribution is 2.46. The molecule has 11 nitrogen and oxygen atoms in total. The van der Waals surface area contributed by atoms with Gasteiger partial charge in [0.15, 0.2) is 11.6 Å². The van der Waals surface area contributed by atoms with Crippen LogP contribution in [0.4, 0.5) is 5.82 Å². The second-order valence-electron chi connectivity index (χ2n) is 15.3. The maximum atomic E-state index is 14.7. The first-order valence-corrected chi connectivity index (χ1v) is 20.7. The summed E-state index contributed by atoms with van der Waals surface area (Å²) in [7, 11) is -1.86. The molecule has 1 saturated carbocycles. The van der Waals surface area contributed by atoms with Crippen LogP contribution >= 0.6 is 11.6 Å². The number of anilines is 1. The molecule has 2 bridgehead atoms. The number of nitrogens with zero attached hydrogens (tertiary/aromatic N) is 3. The number of aromatic nitrogens is 1. The van der Waals surface area contributed by atoms with E-state index >= 15 is 0 Å². The van der Waals surface area contributed by atoms with Crippen molar-refractivity contribution in [3.63, 3.8) is 0 Å². The molecule has 1 spiro atoms. The summed E-state index contributed by atoms with van der Waals surface area (Å²) in [6.07, 6.45) is 11.0. The SMILES string of the molecule is COC1/C=C/CC(C)C(C)S(=O)(NC(=O)COC2CCOCC2)=NC(=O)c2ccc3c(n2)N(CC2CCC21)CC1(CCCc2cc(Cl)ccc21)CO3. The number of carbonyl (C=O) groups is 2. The molecular formula is C39H51ClN4O7S. The monoisotopic (exact) mass is 754 g/mol. The van der Waals surface area contributed by atoms with E-state index in [-0.39, 0.29) is 35.8 Å². The molecule has 52 heavy (non-hydrogen) atoms. The van der Waals surface area contributed by atoms with Crippen LogP contribution in [0.5, 0.6) is 5.75 Å². The number of methoxy groups -OCH3 is 1. The summed E-state index contributed by atoms with van der Waals surface area (Å²) in [6, 6.07) is 9.54. The van der Waals surface area contributed by atoms with Crippen LogP contribution in [0.1, 0.15) is 80.4 Å². The summed E-state index contributed by atoms with van der Waals surface area (Å²) in [6.45, 7) is 6.41. The highest BCUT2D eigenvalue weighted by molar-refractivity contribution is 7.93. The van der Waals surface area contributed by atoms with Gasteiger partial charge in [0.1, 0.15) is 22.2 Å². The maximum Gasteiger partial charge on any atom is 0.305 e. The number of hydrogen-bond acceptors (Lipinski definition) is 9. The Hall–Kier alpha value is -3.03. The minimum Gasteiger partial charge on any atom is -0.489 e. The molecule has 7 atom stereocenters. The number of benzene rings is 1. The Morgan fingerprint density at radius 2 is 1.98 bits per heavy atom. The van der Waals surface area contributed by atoms with Crippen LogP contribution in [0.15, 0.2) is 46.8 Å². The highest BCUT2D eigenvalue weighted by Gasteiger charge is 2.45. The van der Waals surface area contributed by atoms with E-state index in [1.807, 2.05) is 13.0 Å². The number of carbonyl (C=O) groups excluding carboxylic acids is 2. The largest absolute Gasteiger partial charge is 0.489 e. The first-order chi connectivity index (χ1) is 25.1. The Bertz CT molecular complexity index is 1810. The van der Waals surface area contributed by atoms with Gasteiger partial charge in [0.25, 0.3) is 5.91 Å². The first kappa shape index (κ1) is 37.3. The molecule has 1 N–H and O–H groups in total. The van der Waals surface area contributed by atoms with Crippen molar-refractivity contribution in [3.05, 3.63) is 64.3 Å². The zero-order chi connectivity index (χ0) is 36.5. The third-order valence-electron chi connectivity index (χ3n) is 12.0. The molecule has 0 radical (unpaired) electrons. The third kappa shape index (κ3) is 7.78. The van der Waals surface area contributed by atoms with Crippen molar-refractivity contribution in [3.8, 4) is 5.75 Å². The Kier molecular flexibility index (Phi) is 11.3. The smallest absolute Gasteiger partial charge is 0.305 e. The van der Waals surface area contributed by atoms with E-state index in [2.05, 4.69) is 38.3 Å². The number of amides is 2. The van der Waals surface area contributed by atoms with Crippen molar-refractivity contribution in [1.29, 1.82) is 0 Å². The average molecular weight is 755 g/mol. The van der Waals surface area contributed by atoms with E-state index in [0.29, 0.717) is 75.6 Å². The van der Waals surface area contributed by atoms with Crippen LogP contribution in [0.25, 0.3) is 0 Å². The van der Waals surface area contributed by atoms with E-state index < -0.39 is 27.0 Å². The highest BCUT2D eigenvalue weighted by atomic mass is 35.5. The number of aryl methyl sites for hydroxylation is 1. The van der Waals surface area contributed by atoms with Gasteiger partial charge in [-0.3, -0.25) is 14.3 Å². The molecule has 2 fully saturated rings. The predicted molar refractivity (Wildman–Crippen MR) is 200 cm³/mol. The molecule has 3 aliphatic heterocycles. The lowest BCUT2D eigenvalue weighted by Crippen LogP contribution is -2.49. The van der Waals surface area contributed by atoms with Gasteiger partial charge >= 0.3 is 5.91 Å². The summed E-state index contributed by atoms with van der Waals surface area (Å²) < 4.78 is 45.5. The van der Waals surface area contributed by atoms with Crippen LogP contribution in [0.2, 0.25) is 5.02 Å². The van der Waals surface area contributed by atoms with Crippen molar-refractivity contribution in [2.75, 3.05) is 51.5 Å². The quantitative estimate of drug-likeness (QED) is 0.362. The maximum absolute atomic E-state index is 14.7. The molecule has 7 unspecified atom stereocenters. The van der Waals surface area contributed by atoms with Crippen molar-refractivity contribution in [2.45, 2.75) is 88.1 Å². The molecule has 1 aromatic carbocycles. The minimum absolute atomic E-state index is 0.0475. The summed E-state index contributed by atoms with van der Waals surface area (Å²) in [5, 5.41) is 0.0605. The van der Waals surface area contributed by atoms with Crippen LogP contribution in [-0.4, -0.2) is 85.1 Å². The second-order valence-corrected chi connectivity index (χ2v) is 18.0. The van der Waals surface area contributed by atoms with Gasteiger partial charge in [-0.2, -0.15) is 0 Å². The Morgan fingerprint density at radius 3 is 2.75 bits per heavy atom. The molecule has 1 aromatic heterocycles. The van der Waals surface area contributed by atoms with Gasteiger partial charge in [-0.15, -0.1) is 4.36 Å². The van der Waals surface area contributed by atoms with Gasteiger partial charge in [-0.05, 0) is 111 Å². The Morgan fingerprint density at radius 1 is 1.15 bits per heavy atom. The number of allylic oxidation sites excluding steroid dienone is 1. The number of hydrogen-bond donors (Lipinski definition) is 1. The lowest BCUT2D eigenvalue weighted by atomic mass is 9.68. The van der Waals surface area contributed by atoms with E-state index in [4.69, 9.17) is 35.5 Å². The summed E-state index contributed by atoms with van der Waals surface area (Å²) in [5.41, 5.74) is 2.24. The fourth-order valence-electron chi connectivity index (χ4n) is 8.56. The van der Waals surface area contributed by atoms with Crippen molar-refractivity contribution in [2.24, 2.45) is 22.1 Å². The summed E-state index contributed by atoms with van der Waals surface area (Å²) >= 11 is 6.45. The summed E-state index contributed by atoms with van der Waals surface area (Å²) in [4.78, 5) is 34.5. The van der Waals surface area contributed by atoms with Crippen molar-refractivity contribution >= 4 is 39.1 Å². The van der Waals surface area contributed by atoms with Gasteiger partial charge < -0.3 is 23.8 Å². The number of ether oxygens (including phenoxy) is 4. The zero-order valence-corrected chi connectivity index (χ0v) is 32.0. The second kappa shape index (κ2) is 15.8. The molecule has 13 heteroatoms. The van der Waals surface area contributed by atoms with Crippen molar-refractivity contribution < 1.29 is 32.7 Å². The standard InChI is InChI=1S/C39H51ClN4O7S/c1-25-6-4-8-34(48-3)31-11-9-28(31)21-44-23-39(17-5-7-27-20-29(40)10-12-32(27)39)24-51-35-14-13-33(41-37(35)44)38(46)43-52(47,26(25)2)42-36(45)22-50-30-15-18-49-19-16-30/h4,8,10,12-14,20,25-26,28,30-31,34H,5-7,9,11,15-19,21-24H2,1-3H3,(H,42,43,45,46,47)/b8-4+. The van der Waals surface area contributed by atoms with E-state index in [0.717, 1.165) is 37.1 Å². The molecule has 7 rings (SSSR count). The first-order valence-electron chi connectivity index (χ1n) is 18.7. The van der Waals surface area contributed by atoms with Gasteiger partial charge in [0.05, 0.1) is 24.1 Å². The lowest BCUT2D eigenvalue weighted by Gasteiger charge is -2.45. The average Bonchev–Trinajstić information content (AvgIpc) is 3.28. The van der Waals surface area contributed by atoms with Crippen LogP contribution in [-0.2, 0) is 40.8 Å². The van der Waals surface area contributed by atoms with Gasteiger partial charge in [-0.25, -0.2) is 9.19 Å². The predicted octanol–water partition coefficient (Wildman–Crippen LogP) is 6.07. The van der Waals surface area contributed by atoms with E-state index in [9.17, 15) is 13.8 Å². The number of rotatable bonds is 5. The van der Waals surface area contributed by atoms with Crippen LogP contribution < -0.4 is 14.4 Å². The number of pyridine rings is 1. The molecule has 5 aliphatic rings.